The molecule has 0 saturated heterocycles. The Morgan fingerprint density at radius 3 is 2.38 bits per heavy atom. The van der Waals surface area contributed by atoms with Gasteiger partial charge in [0.25, 0.3) is 0 Å². The minimum absolute atomic E-state index is 0.0588. The van der Waals surface area contributed by atoms with E-state index in [0.717, 1.165) is 19.3 Å². The van der Waals surface area contributed by atoms with Crippen LogP contribution in [-0.2, 0) is 0 Å². The molecule has 0 bridgehead atoms. The molecule has 0 aromatic heterocycles. The highest BCUT2D eigenvalue weighted by atomic mass is 16.2. The fourth-order valence-electron chi connectivity index (χ4n) is 2.66. The normalized spacial score (nSPS) is 31.3. The van der Waals surface area contributed by atoms with Gasteiger partial charge in [0.2, 0.25) is 0 Å². The summed E-state index contributed by atoms with van der Waals surface area (Å²) in [6.07, 6.45) is 9.91. The first kappa shape index (κ1) is 11.7. The molecule has 2 unspecified atom stereocenters. The van der Waals surface area contributed by atoms with Crippen molar-refractivity contribution in [1.82, 2.24) is 10.6 Å². The van der Waals surface area contributed by atoms with Gasteiger partial charge < -0.3 is 10.6 Å². The van der Waals surface area contributed by atoms with Gasteiger partial charge in [-0.1, -0.05) is 26.2 Å². The Bertz CT molecular complexity index is 238. The van der Waals surface area contributed by atoms with E-state index in [1.807, 2.05) is 0 Å². The maximum atomic E-state index is 11.8. The second-order valence-electron chi connectivity index (χ2n) is 5.47. The second-order valence-corrected chi connectivity index (χ2v) is 5.47. The molecule has 0 spiro atoms. The van der Waals surface area contributed by atoms with E-state index in [9.17, 15) is 4.79 Å². The Morgan fingerprint density at radius 2 is 1.69 bits per heavy atom. The Morgan fingerprint density at radius 1 is 0.938 bits per heavy atom. The smallest absolute Gasteiger partial charge is 0.315 e. The van der Waals surface area contributed by atoms with E-state index in [2.05, 4.69) is 17.6 Å². The molecule has 3 heteroatoms. The molecule has 2 fully saturated rings. The van der Waals surface area contributed by atoms with Crippen LogP contribution < -0.4 is 10.6 Å². The number of amides is 2. The first-order chi connectivity index (χ1) is 7.75. The van der Waals surface area contributed by atoms with Gasteiger partial charge in [-0.05, 0) is 38.0 Å². The summed E-state index contributed by atoms with van der Waals surface area (Å²) >= 11 is 0. The maximum Gasteiger partial charge on any atom is 0.315 e. The molecular formula is C13H24N2O. The standard InChI is InChI=1S/C13H24N2O/c1-10-6-3-2-4-9-12(10)15-13(16)14-11-7-5-8-11/h10-12H,2-9H2,1H3,(H2,14,15,16). The molecule has 92 valence electrons. The van der Waals surface area contributed by atoms with Crippen molar-refractivity contribution in [2.24, 2.45) is 5.92 Å². The molecule has 0 radical (unpaired) electrons. The largest absolute Gasteiger partial charge is 0.335 e. The van der Waals surface area contributed by atoms with Gasteiger partial charge in [-0.15, -0.1) is 0 Å². The number of carbonyl (C=O) groups excluding carboxylic acids is 1. The third kappa shape index (κ3) is 3.13. The van der Waals surface area contributed by atoms with Crippen molar-refractivity contribution in [2.75, 3.05) is 0 Å². The molecule has 0 heterocycles. The van der Waals surface area contributed by atoms with E-state index in [1.54, 1.807) is 0 Å². The quantitative estimate of drug-likeness (QED) is 0.696. The Kier molecular flexibility index (Phi) is 4.08. The van der Waals surface area contributed by atoms with Crippen LogP contribution in [0.1, 0.15) is 58.3 Å². The topological polar surface area (TPSA) is 41.1 Å². The number of carbonyl (C=O) groups is 1. The zero-order chi connectivity index (χ0) is 11.4. The Balaban J connectivity index is 1.74. The van der Waals surface area contributed by atoms with Crippen LogP contribution in [0, 0.1) is 5.92 Å². The van der Waals surface area contributed by atoms with Gasteiger partial charge in [-0.2, -0.15) is 0 Å². The van der Waals surface area contributed by atoms with Crippen molar-refractivity contribution in [3.63, 3.8) is 0 Å². The van der Waals surface area contributed by atoms with Gasteiger partial charge in [-0.3, -0.25) is 0 Å². The minimum Gasteiger partial charge on any atom is -0.335 e. The lowest BCUT2D eigenvalue weighted by Gasteiger charge is -2.29. The highest BCUT2D eigenvalue weighted by Gasteiger charge is 2.24. The van der Waals surface area contributed by atoms with Gasteiger partial charge in [-0.25, -0.2) is 4.79 Å². The fourth-order valence-corrected chi connectivity index (χ4v) is 2.66. The van der Waals surface area contributed by atoms with Crippen molar-refractivity contribution in [3.8, 4) is 0 Å². The van der Waals surface area contributed by atoms with Crippen LogP contribution in [0.25, 0.3) is 0 Å². The summed E-state index contributed by atoms with van der Waals surface area (Å²) < 4.78 is 0. The maximum absolute atomic E-state index is 11.8. The molecule has 0 aromatic rings. The molecule has 3 nitrogen and oxygen atoms in total. The molecule has 2 aliphatic carbocycles. The summed E-state index contributed by atoms with van der Waals surface area (Å²) in [6.45, 7) is 2.26. The van der Waals surface area contributed by atoms with Crippen LogP contribution in [0.15, 0.2) is 0 Å². The predicted molar refractivity (Wildman–Crippen MR) is 65.3 cm³/mol. The van der Waals surface area contributed by atoms with Crippen LogP contribution in [0.4, 0.5) is 4.79 Å². The lowest BCUT2D eigenvalue weighted by Crippen LogP contribution is -2.49. The average molecular weight is 224 g/mol. The van der Waals surface area contributed by atoms with Crippen LogP contribution >= 0.6 is 0 Å². The fraction of sp³-hybridized carbons (Fsp3) is 0.923. The molecular weight excluding hydrogens is 200 g/mol. The summed E-state index contributed by atoms with van der Waals surface area (Å²) in [5.41, 5.74) is 0. The zero-order valence-electron chi connectivity index (χ0n) is 10.3. The van der Waals surface area contributed by atoms with Gasteiger partial charge in [0.1, 0.15) is 0 Å². The number of urea groups is 1. The van der Waals surface area contributed by atoms with Gasteiger partial charge in [0, 0.05) is 12.1 Å². The van der Waals surface area contributed by atoms with Crippen molar-refractivity contribution < 1.29 is 4.79 Å². The third-order valence-electron chi connectivity index (χ3n) is 4.12. The molecule has 0 aromatic carbocycles. The van der Waals surface area contributed by atoms with E-state index in [4.69, 9.17) is 0 Å². The monoisotopic (exact) mass is 224 g/mol. The molecule has 16 heavy (non-hydrogen) atoms. The van der Waals surface area contributed by atoms with E-state index in [1.165, 1.54) is 32.1 Å². The second kappa shape index (κ2) is 5.55. The summed E-state index contributed by atoms with van der Waals surface area (Å²) in [5.74, 6) is 0.634. The highest BCUT2D eigenvalue weighted by molar-refractivity contribution is 5.74. The average Bonchev–Trinajstić information content (AvgIpc) is 2.39. The predicted octanol–water partition coefficient (Wildman–Crippen LogP) is 2.81. The summed E-state index contributed by atoms with van der Waals surface area (Å²) in [6, 6.07) is 0.895. The van der Waals surface area contributed by atoms with Gasteiger partial charge >= 0.3 is 6.03 Å². The van der Waals surface area contributed by atoms with E-state index < -0.39 is 0 Å². The first-order valence-corrected chi connectivity index (χ1v) is 6.83. The molecule has 2 aliphatic rings. The zero-order valence-corrected chi connectivity index (χ0v) is 10.3. The molecule has 2 atom stereocenters. The highest BCUT2D eigenvalue weighted by Crippen LogP contribution is 2.23. The molecule has 0 aliphatic heterocycles. The SMILES string of the molecule is CC1CCCCCC1NC(=O)NC1CCC1. The summed E-state index contributed by atoms with van der Waals surface area (Å²) in [4.78, 5) is 11.8. The molecule has 2 amide bonds. The Hall–Kier alpha value is -0.730. The van der Waals surface area contributed by atoms with Gasteiger partial charge in [0.05, 0.1) is 0 Å². The first-order valence-electron chi connectivity index (χ1n) is 6.83. The number of rotatable bonds is 2. The number of hydrogen-bond acceptors (Lipinski definition) is 1. The Labute approximate surface area is 98.4 Å². The molecule has 2 rings (SSSR count). The number of hydrogen-bond donors (Lipinski definition) is 2. The number of nitrogens with one attached hydrogen (secondary N) is 2. The van der Waals surface area contributed by atoms with E-state index >= 15 is 0 Å². The van der Waals surface area contributed by atoms with Crippen LogP contribution in [0.5, 0.6) is 0 Å². The van der Waals surface area contributed by atoms with E-state index in [0.29, 0.717) is 18.0 Å². The summed E-state index contributed by atoms with van der Waals surface area (Å²) in [5, 5.41) is 6.21. The third-order valence-corrected chi connectivity index (χ3v) is 4.12. The summed E-state index contributed by atoms with van der Waals surface area (Å²) in [7, 11) is 0. The molecule has 2 saturated carbocycles. The van der Waals surface area contributed by atoms with Gasteiger partial charge in [0.15, 0.2) is 0 Å². The van der Waals surface area contributed by atoms with Crippen LogP contribution in [0.3, 0.4) is 0 Å². The van der Waals surface area contributed by atoms with Crippen molar-refractivity contribution in [2.45, 2.75) is 70.4 Å². The van der Waals surface area contributed by atoms with Crippen LogP contribution in [0.2, 0.25) is 0 Å². The lowest BCUT2D eigenvalue weighted by molar-refractivity contribution is 0.218. The van der Waals surface area contributed by atoms with Crippen LogP contribution in [-0.4, -0.2) is 18.1 Å². The van der Waals surface area contributed by atoms with Crippen molar-refractivity contribution in [3.05, 3.63) is 0 Å². The lowest BCUT2D eigenvalue weighted by atomic mass is 9.93. The van der Waals surface area contributed by atoms with E-state index in [-0.39, 0.29) is 6.03 Å². The molecule has 2 N–H and O–H groups in total. The van der Waals surface area contributed by atoms with Crippen molar-refractivity contribution >= 4 is 6.03 Å². The minimum atomic E-state index is 0.0588. The van der Waals surface area contributed by atoms with Crippen molar-refractivity contribution in [1.29, 1.82) is 0 Å².